The maximum absolute atomic E-state index is 11.8. The Hall–Kier alpha value is -1.15. The number of halogens is 1. The molecule has 4 aliphatic rings. The van der Waals surface area contributed by atoms with E-state index in [4.69, 9.17) is 11.6 Å². The van der Waals surface area contributed by atoms with Gasteiger partial charge in [0, 0.05) is 11.8 Å². The lowest BCUT2D eigenvalue weighted by molar-refractivity contribution is -0.112. The van der Waals surface area contributed by atoms with Crippen LogP contribution in [0.1, 0.15) is 58.8 Å². The van der Waals surface area contributed by atoms with Crippen LogP contribution >= 0.6 is 11.6 Å². The van der Waals surface area contributed by atoms with E-state index in [1.165, 1.54) is 18.4 Å². The third-order valence-electron chi connectivity index (χ3n) is 7.83. The summed E-state index contributed by atoms with van der Waals surface area (Å²) in [6, 6.07) is 0. The van der Waals surface area contributed by atoms with Gasteiger partial charge in [0.05, 0.1) is 0 Å². The Morgan fingerprint density at radius 3 is 2.84 bits per heavy atom. The standard InChI is InChI=1S/C22H27ClO2/c1-21-12-10-19-17(18(21)7-4-14(21)5-8-20(23)25)6-3-15-13-16(24)9-11-22(15,19)2/h9-11,13-14,17-18H,3-8,12H2,1-2H3/t14-,17+,18+,21-,22+/m1/s1. The van der Waals surface area contributed by atoms with E-state index in [0.717, 1.165) is 25.7 Å². The van der Waals surface area contributed by atoms with Crippen LogP contribution in [-0.2, 0) is 9.59 Å². The third-order valence-corrected chi connectivity index (χ3v) is 8.02. The Bertz CT molecular complexity index is 716. The van der Waals surface area contributed by atoms with E-state index in [9.17, 15) is 9.59 Å². The number of allylic oxidation sites excluding steroid dienone is 6. The van der Waals surface area contributed by atoms with Gasteiger partial charge < -0.3 is 0 Å². The van der Waals surface area contributed by atoms with Crippen LogP contribution in [0.5, 0.6) is 0 Å². The molecule has 134 valence electrons. The van der Waals surface area contributed by atoms with Crippen molar-refractivity contribution in [3.63, 3.8) is 0 Å². The molecule has 0 aliphatic heterocycles. The van der Waals surface area contributed by atoms with Crippen molar-refractivity contribution in [3.05, 3.63) is 35.5 Å². The van der Waals surface area contributed by atoms with Crippen molar-refractivity contribution in [1.29, 1.82) is 0 Å². The van der Waals surface area contributed by atoms with E-state index in [-0.39, 0.29) is 16.4 Å². The molecule has 0 saturated heterocycles. The van der Waals surface area contributed by atoms with Gasteiger partial charge in [0.15, 0.2) is 5.78 Å². The van der Waals surface area contributed by atoms with Crippen LogP contribution in [-0.4, -0.2) is 11.0 Å². The van der Waals surface area contributed by atoms with Crippen LogP contribution in [0.4, 0.5) is 0 Å². The van der Waals surface area contributed by atoms with Crippen molar-refractivity contribution in [2.75, 3.05) is 0 Å². The summed E-state index contributed by atoms with van der Waals surface area (Å²) in [5, 5.41) is -0.198. The lowest BCUT2D eigenvalue weighted by Crippen LogP contribution is -2.43. The Balaban J connectivity index is 1.64. The van der Waals surface area contributed by atoms with Crippen molar-refractivity contribution in [1.82, 2.24) is 0 Å². The molecular weight excluding hydrogens is 332 g/mol. The number of carbonyl (C=O) groups excluding carboxylic acids is 2. The van der Waals surface area contributed by atoms with E-state index in [1.807, 2.05) is 6.08 Å². The van der Waals surface area contributed by atoms with Gasteiger partial charge >= 0.3 is 0 Å². The summed E-state index contributed by atoms with van der Waals surface area (Å²) in [4.78, 5) is 23.0. The van der Waals surface area contributed by atoms with Crippen LogP contribution < -0.4 is 0 Å². The maximum Gasteiger partial charge on any atom is 0.221 e. The smallest absolute Gasteiger partial charge is 0.221 e. The first-order valence-corrected chi connectivity index (χ1v) is 10.1. The largest absolute Gasteiger partial charge is 0.290 e. The van der Waals surface area contributed by atoms with Crippen molar-refractivity contribution >= 4 is 22.6 Å². The first-order chi connectivity index (χ1) is 11.8. The van der Waals surface area contributed by atoms with Crippen LogP contribution in [0.15, 0.2) is 35.5 Å². The second-order valence-electron chi connectivity index (χ2n) is 8.90. The number of hydrogen-bond donors (Lipinski definition) is 0. The number of hydrogen-bond acceptors (Lipinski definition) is 2. The molecule has 0 N–H and O–H groups in total. The first kappa shape index (κ1) is 17.3. The number of ketones is 1. The summed E-state index contributed by atoms with van der Waals surface area (Å²) in [5.74, 6) is 2.06. The minimum atomic E-state index is -0.198. The monoisotopic (exact) mass is 358 g/mol. The van der Waals surface area contributed by atoms with Gasteiger partial charge in [-0.2, -0.15) is 0 Å². The van der Waals surface area contributed by atoms with Crippen LogP contribution in [0, 0.1) is 28.6 Å². The van der Waals surface area contributed by atoms with E-state index in [1.54, 1.807) is 11.6 Å². The number of carbonyl (C=O) groups is 2. The Kier molecular flexibility index (Phi) is 4.11. The summed E-state index contributed by atoms with van der Waals surface area (Å²) in [6.45, 7) is 4.73. The first-order valence-electron chi connectivity index (χ1n) is 9.68. The van der Waals surface area contributed by atoms with E-state index < -0.39 is 0 Å². The van der Waals surface area contributed by atoms with Crippen molar-refractivity contribution < 1.29 is 9.59 Å². The molecular formula is C22H27ClO2. The van der Waals surface area contributed by atoms with Gasteiger partial charge in [-0.1, -0.05) is 30.2 Å². The molecule has 0 radical (unpaired) electrons. The molecule has 0 spiro atoms. The molecule has 0 aromatic heterocycles. The third kappa shape index (κ3) is 2.60. The highest BCUT2D eigenvalue weighted by Crippen LogP contribution is 2.64. The zero-order valence-corrected chi connectivity index (χ0v) is 15.9. The number of fused-ring (bicyclic) bond motifs is 5. The molecule has 5 atom stereocenters. The van der Waals surface area contributed by atoms with E-state index in [0.29, 0.717) is 29.6 Å². The molecule has 0 aromatic carbocycles. The molecule has 0 heterocycles. The second kappa shape index (κ2) is 5.94. The molecule has 0 amide bonds. The van der Waals surface area contributed by atoms with Gasteiger partial charge in [0.2, 0.25) is 5.24 Å². The molecule has 25 heavy (non-hydrogen) atoms. The summed E-state index contributed by atoms with van der Waals surface area (Å²) in [5.41, 5.74) is 3.09. The zero-order valence-electron chi connectivity index (χ0n) is 15.2. The van der Waals surface area contributed by atoms with E-state index in [2.05, 4.69) is 26.0 Å². The Labute approximate surface area is 155 Å². The molecule has 2 nitrogen and oxygen atoms in total. The van der Waals surface area contributed by atoms with Gasteiger partial charge in [-0.05, 0) is 92.4 Å². The molecule has 0 aromatic rings. The minimum absolute atomic E-state index is 0.0532. The molecule has 0 bridgehead atoms. The summed E-state index contributed by atoms with van der Waals surface area (Å²) in [7, 11) is 0. The van der Waals surface area contributed by atoms with Gasteiger partial charge in [0.1, 0.15) is 0 Å². The average molecular weight is 359 g/mol. The van der Waals surface area contributed by atoms with Crippen molar-refractivity contribution in [2.45, 2.75) is 58.8 Å². The average Bonchev–Trinajstić information content (AvgIpc) is 2.90. The van der Waals surface area contributed by atoms with Crippen molar-refractivity contribution in [3.8, 4) is 0 Å². The van der Waals surface area contributed by atoms with Gasteiger partial charge in [-0.25, -0.2) is 0 Å². The topological polar surface area (TPSA) is 34.1 Å². The van der Waals surface area contributed by atoms with Crippen LogP contribution in [0.2, 0.25) is 0 Å². The molecule has 3 heteroatoms. The summed E-state index contributed by atoms with van der Waals surface area (Å²) < 4.78 is 0. The predicted molar refractivity (Wildman–Crippen MR) is 100 cm³/mol. The quantitative estimate of drug-likeness (QED) is 0.501. The predicted octanol–water partition coefficient (Wildman–Crippen LogP) is 5.38. The molecule has 2 fully saturated rings. The van der Waals surface area contributed by atoms with Crippen LogP contribution in [0.3, 0.4) is 0 Å². The fourth-order valence-electron chi connectivity index (χ4n) is 6.39. The highest BCUT2D eigenvalue weighted by molar-refractivity contribution is 6.63. The molecule has 0 unspecified atom stereocenters. The lowest BCUT2D eigenvalue weighted by atomic mass is 9.52. The normalized spacial score (nSPS) is 42.2. The minimum Gasteiger partial charge on any atom is -0.290 e. The summed E-state index contributed by atoms with van der Waals surface area (Å²) >= 11 is 5.60. The molecule has 4 rings (SSSR count). The molecule has 2 saturated carbocycles. The SMILES string of the molecule is C[C@]12C=CC(=O)C=C1CC[C@@H]1C2=CC[C@]2(C)[C@@H](CCC(=O)Cl)CC[C@@H]12. The van der Waals surface area contributed by atoms with Gasteiger partial charge in [-0.15, -0.1) is 0 Å². The number of rotatable bonds is 3. The highest BCUT2D eigenvalue weighted by Gasteiger charge is 2.55. The Morgan fingerprint density at radius 2 is 2.08 bits per heavy atom. The Morgan fingerprint density at radius 1 is 1.28 bits per heavy atom. The fraction of sp³-hybridized carbons (Fsp3) is 0.636. The lowest BCUT2D eigenvalue weighted by Gasteiger charge is -2.52. The zero-order chi connectivity index (χ0) is 17.8. The molecule has 4 aliphatic carbocycles. The fourth-order valence-corrected chi connectivity index (χ4v) is 6.49. The maximum atomic E-state index is 11.8. The highest BCUT2D eigenvalue weighted by atomic mass is 35.5. The van der Waals surface area contributed by atoms with Crippen LogP contribution in [0.25, 0.3) is 0 Å². The second-order valence-corrected chi connectivity index (χ2v) is 9.32. The van der Waals surface area contributed by atoms with Crippen molar-refractivity contribution in [2.24, 2.45) is 28.6 Å². The van der Waals surface area contributed by atoms with E-state index >= 15 is 0 Å². The van der Waals surface area contributed by atoms with Gasteiger partial charge in [0.25, 0.3) is 0 Å². The summed E-state index contributed by atoms with van der Waals surface area (Å²) in [6.07, 6.45) is 15.5. The van der Waals surface area contributed by atoms with Gasteiger partial charge in [-0.3, -0.25) is 9.59 Å².